The lowest BCUT2D eigenvalue weighted by molar-refractivity contribution is -0.113. The van der Waals surface area contributed by atoms with Crippen molar-refractivity contribution in [2.75, 3.05) is 0 Å². The molecule has 90 valence electrons. The highest BCUT2D eigenvalue weighted by Crippen LogP contribution is 2.03. The Morgan fingerprint density at radius 1 is 1.35 bits per heavy atom. The molecule has 0 atom stereocenters. The van der Waals surface area contributed by atoms with E-state index in [4.69, 9.17) is 5.41 Å². The fourth-order valence-corrected chi connectivity index (χ4v) is 1.35. The van der Waals surface area contributed by atoms with E-state index in [1.54, 1.807) is 19.1 Å². The van der Waals surface area contributed by atoms with Crippen molar-refractivity contribution in [3.63, 3.8) is 0 Å². The largest absolute Gasteiger partial charge is 0.386 e. The zero-order chi connectivity index (χ0) is 12.8. The van der Waals surface area contributed by atoms with Crippen LogP contribution in [0.5, 0.6) is 0 Å². The minimum absolute atomic E-state index is 0.149. The Labute approximate surface area is 99.9 Å². The lowest BCUT2D eigenvalue weighted by atomic mass is 10.1. The molecule has 1 aromatic carbocycles. The number of hydrogen-bond acceptors (Lipinski definition) is 3. The average Bonchev–Trinajstić information content (AvgIpc) is 2.25. The topological polar surface area (TPSA) is 53.0 Å². The Morgan fingerprint density at radius 2 is 1.94 bits per heavy atom. The van der Waals surface area contributed by atoms with Gasteiger partial charge in [-0.3, -0.25) is 4.79 Å². The Hall–Kier alpha value is -1.97. The quantitative estimate of drug-likeness (QED) is 0.607. The van der Waals surface area contributed by atoms with E-state index < -0.39 is 0 Å². The number of hydrogen-bond donors (Lipinski definition) is 2. The Balaban J connectivity index is 2.62. The molecule has 1 rings (SSSR count). The highest BCUT2D eigenvalue weighted by Gasteiger charge is 2.05. The van der Waals surface area contributed by atoms with Gasteiger partial charge in [0.05, 0.1) is 5.57 Å². The molecular formula is C13H15FN2O. The molecule has 17 heavy (non-hydrogen) atoms. The van der Waals surface area contributed by atoms with E-state index in [1.165, 1.54) is 25.3 Å². The monoisotopic (exact) mass is 234 g/mol. The molecule has 3 nitrogen and oxygen atoms in total. The molecule has 0 saturated carbocycles. The summed E-state index contributed by atoms with van der Waals surface area (Å²) in [6.45, 7) is 3.47. The third-order valence-electron chi connectivity index (χ3n) is 2.25. The van der Waals surface area contributed by atoms with Crippen LogP contribution < -0.4 is 5.32 Å². The number of carbonyl (C=O) groups excluding carboxylic acids is 1. The van der Waals surface area contributed by atoms with Gasteiger partial charge < -0.3 is 10.7 Å². The highest BCUT2D eigenvalue weighted by atomic mass is 19.1. The van der Waals surface area contributed by atoms with Crippen molar-refractivity contribution < 1.29 is 9.18 Å². The maximum absolute atomic E-state index is 12.6. The smallest absolute Gasteiger partial charge is 0.163 e. The first-order valence-electron chi connectivity index (χ1n) is 5.25. The van der Waals surface area contributed by atoms with Gasteiger partial charge in [0.25, 0.3) is 0 Å². The van der Waals surface area contributed by atoms with Crippen LogP contribution in [0.15, 0.2) is 36.0 Å². The van der Waals surface area contributed by atoms with E-state index in [2.05, 4.69) is 5.32 Å². The van der Waals surface area contributed by atoms with Crippen LogP contribution in [0.1, 0.15) is 19.4 Å². The van der Waals surface area contributed by atoms with E-state index in [1.807, 2.05) is 0 Å². The van der Waals surface area contributed by atoms with Crippen molar-refractivity contribution in [1.82, 2.24) is 5.32 Å². The van der Waals surface area contributed by atoms with E-state index in [0.717, 1.165) is 5.56 Å². The van der Waals surface area contributed by atoms with Gasteiger partial charge in [-0.2, -0.15) is 0 Å². The van der Waals surface area contributed by atoms with Crippen molar-refractivity contribution >= 4 is 11.5 Å². The second kappa shape index (κ2) is 5.94. The molecule has 0 bridgehead atoms. The van der Waals surface area contributed by atoms with Gasteiger partial charge in [0, 0.05) is 18.5 Å². The van der Waals surface area contributed by atoms with E-state index in [0.29, 0.717) is 12.1 Å². The summed E-state index contributed by atoms with van der Waals surface area (Å²) in [5.74, 6) is -0.423. The van der Waals surface area contributed by atoms with Gasteiger partial charge in [-0.15, -0.1) is 0 Å². The van der Waals surface area contributed by atoms with Crippen LogP contribution >= 0.6 is 0 Å². The number of allylic oxidation sites excluding steroid dienone is 1. The third kappa shape index (κ3) is 4.18. The van der Waals surface area contributed by atoms with Crippen molar-refractivity contribution in [2.45, 2.75) is 20.4 Å². The fraction of sp³-hybridized carbons (Fsp3) is 0.231. The molecule has 0 aromatic heterocycles. The van der Waals surface area contributed by atoms with Crippen LogP contribution in [0.4, 0.5) is 4.39 Å². The van der Waals surface area contributed by atoms with Gasteiger partial charge >= 0.3 is 0 Å². The number of nitrogens with one attached hydrogen (secondary N) is 2. The molecule has 2 N–H and O–H groups in total. The van der Waals surface area contributed by atoms with Crippen LogP contribution in [0.2, 0.25) is 0 Å². The van der Waals surface area contributed by atoms with E-state index >= 15 is 0 Å². The summed E-state index contributed by atoms with van der Waals surface area (Å²) < 4.78 is 12.6. The van der Waals surface area contributed by atoms with Gasteiger partial charge in [-0.25, -0.2) is 4.39 Å². The standard InChI is InChI=1S/C13H15FN2O/c1-9(15)13(10(2)17)8-16-7-11-3-5-12(14)6-4-11/h3-6,8,15-16H,7H2,1-2H3/b13-8+,15-9?. The van der Waals surface area contributed by atoms with Crippen molar-refractivity contribution in [3.8, 4) is 0 Å². The second-order valence-electron chi connectivity index (χ2n) is 3.75. The van der Waals surface area contributed by atoms with Crippen LogP contribution in [0.25, 0.3) is 0 Å². The minimum Gasteiger partial charge on any atom is -0.386 e. The number of halogens is 1. The molecule has 4 heteroatoms. The summed E-state index contributed by atoms with van der Waals surface area (Å²) in [6, 6.07) is 6.10. The van der Waals surface area contributed by atoms with Gasteiger partial charge in [0.1, 0.15) is 5.82 Å². The molecule has 0 spiro atoms. The Bertz CT molecular complexity index is 433. The van der Waals surface area contributed by atoms with Crippen LogP contribution in [0.3, 0.4) is 0 Å². The zero-order valence-electron chi connectivity index (χ0n) is 9.88. The summed E-state index contributed by atoms with van der Waals surface area (Å²) in [5, 5.41) is 10.4. The number of rotatable bonds is 5. The number of ketones is 1. The van der Waals surface area contributed by atoms with Crippen molar-refractivity contribution in [2.24, 2.45) is 0 Å². The van der Waals surface area contributed by atoms with E-state index in [9.17, 15) is 9.18 Å². The number of carbonyl (C=O) groups is 1. The molecule has 0 aliphatic carbocycles. The van der Waals surface area contributed by atoms with Crippen molar-refractivity contribution in [1.29, 1.82) is 5.41 Å². The summed E-state index contributed by atoms with van der Waals surface area (Å²) in [6.07, 6.45) is 1.52. The maximum Gasteiger partial charge on any atom is 0.163 e. The van der Waals surface area contributed by atoms with Crippen LogP contribution in [0, 0.1) is 11.2 Å². The first-order valence-corrected chi connectivity index (χ1v) is 5.25. The Morgan fingerprint density at radius 3 is 2.41 bits per heavy atom. The highest BCUT2D eigenvalue weighted by molar-refractivity contribution is 6.19. The molecule has 0 aliphatic heterocycles. The zero-order valence-corrected chi connectivity index (χ0v) is 9.88. The molecule has 0 saturated heterocycles. The summed E-state index contributed by atoms with van der Waals surface area (Å²) in [5.41, 5.74) is 1.49. The molecule has 0 heterocycles. The predicted octanol–water partition coefficient (Wildman–Crippen LogP) is 2.43. The Kier molecular flexibility index (Phi) is 4.57. The van der Waals surface area contributed by atoms with Gasteiger partial charge in [-0.1, -0.05) is 12.1 Å². The normalized spacial score (nSPS) is 11.1. The number of benzene rings is 1. The summed E-state index contributed by atoms with van der Waals surface area (Å²) in [7, 11) is 0. The van der Waals surface area contributed by atoms with Crippen LogP contribution in [-0.4, -0.2) is 11.5 Å². The lowest BCUT2D eigenvalue weighted by Gasteiger charge is -2.04. The predicted molar refractivity (Wildman–Crippen MR) is 65.4 cm³/mol. The third-order valence-corrected chi connectivity index (χ3v) is 2.25. The molecule has 0 radical (unpaired) electrons. The second-order valence-corrected chi connectivity index (χ2v) is 3.75. The summed E-state index contributed by atoms with van der Waals surface area (Å²) >= 11 is 0. The number of Topliss-reactive ketones (excluding diaryl/α,β-unsaturated/α-hetero) is 1. The lowest BCUT2D eigenvalue weighted by Crippen LogP contribution is -2.12. The SMILES string of the molecule is CC(=N)/C(=C\NCc1ccc(F)cc1)C(C)=O. The first-order chi connectivity index (χ1) is 8.00. The molecule has 0 fully saturated rings. The van der Waals surface area contributed by atoms with E-state index in [-0.39, 0.29) is 17.3 Å². The van der Waals surface area contributed by atoms with Crippen LogP contribution in [-0.2, 0) is 11.3 Å². The molecule has 1 aromatic rings. The average molecular weight is 234 g/mol. The maximum atomic E-state index is 12.6. The molecule has 0 unspecified atom stereocenters. The molecular weight excluding hydrogens is 219 g/mol. The van der Waals surface area contributed by atoms with Gasteiger partial charge in [-0.05, 0) is 31.5 Å². The minimum atomic E-state index is -0.274. The molecule has 0 aliphatic rings. The fourth-order valence-electron chi connectivity index (χ4n) is 1.35. The van der Waals surface area contributed by atoms with Gasteiger partial charge in [0.2, 0.25) is 0 Å². The molecule has 0 amide bonds. The first kappa shape index (κ1) is 13.1. The van der Waals surface area contributed by atoms with Crippen molar-refractivity contribution in [3.05, 3.63) is 47.4 Å². The van der Waals surface area contributed by atoms with Gasteiger partial charge in [0.15, 0.2) is 5.78 Å². The summed E-state index contributed by atoms with van der Waals surface area (Å²) in [4.78, 5) is 11.2.